The number of benzene rings is 2. The summed E-state index contributed by atoms with van der Waals surface area (Å²) in [6.45, 7) is 0.391. The van der Waals surface area contributed by atoms with Gasteiger partial charge in [0.05, 0.1) is 18.6 Å². The second kappa shape index (κ2) is 4.76. The van der Waals surface area contributed by atoms with E-state index in [2.05, 4.69) is 0 Å². The lowest BCUT2D eigenvalue weighted by atomic mass is 9.89. The van der Waals surface area contributed by atoms with Crippen LogP contribution in [0.4, 0.5) is 0 Å². The van der Waals surface area contributed by atoms with E-state index in [-0.39, 0.29) is 11.7 Å². The second-order valence-electron chi connectivity index (χ2n) is 4.50. The summed E-state index contributed by atoms with van der Waals surface area (Å²) in [6.07, 6.45) is 0. The van der Waals surface area contributed by atoms with Crippen LogP contribution in [0.3, 0.4) is 0 Å². The third kappa shape index (κ3) is 2.08. The Kier molecular flexibility index (Phi) is 2.95. The first-order chi connectivity index (χ1) is 9.29. The predicted octanol–water partition coefficient (Wildman–Crippen LogP) is 3.05. The van der Waals surface area contributed by atoms with Gasteiger partial charge < -0.3 is 9.47 Å². The van der Waals surface area contributed by atoms with Gasteiger partial charge in [-0.25, -0.2) is 0 Å². The van der Waals surface area contributed by atoms with Crippen LogP contribution in [0, 0.1) is 0 Å². The average molecular weight is 254 g/mol. The maximum Gasteiger partial charge on any atom is 0.177 e. The molecule has 0 aliphatic carbocycles. The highest BCUT2D eigenvalue weighted by Gasteiger charge is 2.29. The molecule has 0 N–H and O–H groups in total. The van der Waals surface area contributed by atoms with Gasteiger partial charge in [0.15, 0.2) is 5.78 Å². The molecule has 1 heterocycles. The fourth-order valence-corrected chi connectivity index (χ4v) is 2.32. The van der Waals surface area contributed by atoms with E-state index in [4.69, 9.17) is 9.47 Å². The molecule has 0 saturated heterocycles. The summed E-state index contributed by atoms with van der Waals surface area (Å²) in [6, 6.07) is 14.9. The molecule has 0 radical (unpaired) electrons. The van der Waals surface area contributed by atoms with E-state index in [1.54, 1.807) is 7.11 Å². The molecule has 1 aliphatic heterocycles. The zero-order chi connectivity index (χ0) is 13.2. The Hall–Kier alpha value is -2.29. The first kappa shape index (κ1) is 11.8. The van der Waals surface area contributed by atoms with Gasteiger partial charge in [-0.2, -0.15) is 0 Å². The van der Waals surface area contributed by atoms with Crippen LogP contribution in [0.2, 0.25) is 0 Å². The maximum absolute atomic E-state index is 12.5. The molecule has 0 saturated carbocycles. The van der Waals surface area contributed by atoms with Crippen molar-refractivity contribution in [3.8, 4) is 11.5 Å². The molecule has 19 heavy (non-hydrogen) atoms. The number of methoxy groups -OCH3 is 1. The number of hydrogen-bond acceptors (Lipinski definition) is 3. The van der Waals surface area contributed by atoms with Crippen LogP contribution in [0.5, 0.6) is 11.5 Å². The number of carbonyl (C=O) groups is 1. The van der Waals surface area contributed by atoms with E-state index < -0.39 is 0 Å². The van der Waals surface area contributed by atoms with Gasteiger partial charge in [0.2, 0.25) is 0 Å². The standard InChI is InChI=1S/C16H14O3/c1-18-12-8-6-11(7-9-12)14-10-19-15-5-3-2-4-13(15)16(14)17/h2-9,14H,10H2,1H3/t14-/m0/s1. The van der Waals surface area contributed by atoms with Crippen molar-refractivity contribution in [2.45, 2.75) is 5.92 Å². The largest absolute Gasteiger partial charge is 0.497 e. The van der Waals surface area contributed by atoms with Crippen molar-refractivity contribution < 1.29 is 14.3 Å². The van der Waals surface area contributed by atoms with Crippen molar-refractivity contribution in [1.29, 1.82) is 0 Å². The number of Topliss-reactive ketones (excluding diaryl/α,β-unsaturated/α-hetero) is 1. The van der Waals surface area contributed by atoms with Crippen LogP contribution in [0.25, 0.3) is 0 Å². The lowest BCUT2D eigenvalue weighted by Crippen LogP contribution is -2.25. The van der Waals surface area contributed by atoms with Gasteiger partial charge in [-0.05, 0) is 29.8 Å². The van der Waals surface area contributed by atoms with Crippen LogP contribution < -0.4 is 9.47 Å². The van der Waals surface area contributed by atoms with E-state index in [9.17, 15) is 4.79 Å². The molecule has 1 aliphatic rings. The molecule has 2 aromatic rings. The van der Waals surface area contributed by atoms with Gasteiger partial charge in [0.1, 0.15) is 18.1 Å². The Morgan fingerprint density at radius 1 is 1.11 bits per heavy atom. The highest BCUT2D eigenvalue weighted by atomic mass is 16.5. The van der Waals surface area contributed by atoms with Gasteiger partial charge in [-0.1, -0.05) is 24.3 Å². The molecule has 0 amide bonds. The number of hydrogen-bond donors (Lipinski definition) is 0. The van der Waals surface area contributed by atoms with E-state index in [0.29, 0.717) is 17.9 Å². The summed E-state index contributed by atoms with van der Waals surface area (Å²) >= 11 is 0. The highest BCUT2D eigenvalue weighted by Crippen LogP contribution is 2.32. The van der Waals surface area contributed by atoms with Crippen molar-refractivity contribution in [3.63, 3.8) is 0 Å². The summed E-state index contributed by atoms with van der Waals surface area (Å²) in [5, 5.41) is 0. The Morgan fingerprint density at radius 2 is 1.84 bits per heavy atom. The summed E-state index contributed by atoms with van der Waals surface area (Å²) in [7, 11) is 1.63. The quantitative estimate of drug-likeness (QED) is 0.826. The fourth-order valence-electron chi connectivity index (χ4n) is 2.32. The molecule has 0 unspecified atom stereocenters. The Morgan fingerprint density at radius 3 is 2.58 bits per heavy atom. The molecule has 2 aromatic carbocycles. The van der Waals surface area contributed by atoms with Crippen molar-refractivity contribution in [1.82, 2.24) is 0 Å². The predicted molar refractivity (Wildman–Crippen MR) is 72.0 cm³/mol. The molecule has 0 fully saturated rings. The fraction of sp³-hybridized carbons (Fsp3) is 0.188. The Labute approximate surface area is 111 Å². The van der Waals surface area contributed by atoms with Gasteiger partial charge in [0.25, 0.3) is 0 Å². The molecule has 3 rings (SSSR count). The number of fused-ring (bicyclic) bond motifs is 1. The SMILES string of the molecule is COc1ccc([C@@H]2COc3ccccc3C2=O)cc1. The van der Waals surface area contributed by atoms with Gasteiger partial charge >= 0.3 is 0 Å². The molecular weight excluding hydrogens is 240 g/mol. The molecule has 96 valence electrons. The first-order valence-electron chi connectivity index (χ1n) is 6.19. The highest BCUT2D eigenvalue weighted by molar-refractivity contribution is 6.04. The van der Waals surface area contributed by atoms with Crippen LogP contribution in [-0.4, -0.2) is 19.5 Å². The molecule has 3 heteroatoms. The molecular formula is C16H14O3. The minimum atomic E-state index is -0.235. The average Bonchev–Trinajstić information content (AvgIpc) is 2.48. The lowest BCUT2D eigenvalue weighted by Gasteiger charge is -2.24. The van der Waals surface area contributed by atoms with E-state index in [0.717, 1.165) is 11.3 Å². The van der Waals surface area contributed by atoms with E-state index in [1.807, 2.05) is 48.5 Å². The van der Waals surface area contributed by atoms with Crippen molar-refractivity contribution >= 4 is 5.78 Å². The van der Waals surface area contributed by atoms with Crippen LogP contribution in [0.1, 0.15) is 21.8 Å². The monoisotopic (exact) mass is 254 g/mol. The van der Waals surface area contributed by atoms with E-state index in [1.165, 1.54) is 0 Å². The second-order valence-corrected chi connectivity index (χ2v) is 4.50. The third-order valence-electron chi connectivity index (χ3n) is 3.39. The Bertz CT molecular complexity index is 602. The number of ether oxygens (including phenoxy) is 2. The zero-order valence-electron chi connectivity index (χ0n) is 10.6. The summed E-state index contributed by atoms with van der Waals surface area (Å²) < 4.78 is 10.8. The van der Waals surface area contributed by atoms with Crippen LogP contribution >= 0.6 is 0 Å². The Balaban J connectivity index is 1.93. The summed E-state index contributed by atoms with van der Waals surface area (Å²) in [5.74, 6) is 1.35. The lowest BCUT2D eigenvalue weighted by molar-refractivity contribution is 0.0896. The smallest absolute Gasteiger partial charge is 0.177 e. The molecule has 3 nitrogen and oxygen atoms in total. The molecule has 0 aromatic heterocycles. The van der Waals surface area contributed by atoms with Crippen LogP contribution in [0.15, 0.2) is 48.5 Å². The maximum atomic E-state index is 12.5. The summed E-state index contributed by atoms with van der Waals surface area (Å²) in [4.78, 5) is 12.5. The first-order valence-corrected chi connectivity index (χ1v) is 6.19. The molecule has 0 spiro atoms. The summed E-state index contributed by atoms with van der Waals surface area (Å²) in [5.41, 5.74) is 1.62. The minimum Gasteiger partial charge on any atom is -0.497 e. The number of para-hydroxylation sites is 1. The van der Waals surface area contributed by atoms with Gasteiger partial charge in [-0.3, -0.25) is 4.79 Å². The van der Waals surface area contributed by atoms with Gasteiger partial charge in [0, 0.05) is 0 Å². The third-order valence-corrected chi connectivity index (χ3v) is 3.39. The topological polar surface area (TPSA) is 35.5 Å². The van der Waals surface area contributed by atoms with Gasteiger partial charge in [-0.15, -0.1) is 0 Å². The number of carbonyl (C=O) groups excluding carboxylic acids is 1. The van der Waals surface area contributed by atoms with Crippen LogP contribution in [-0.2, 0) is 0 Å². The number of rotatable bonds is 2. The molecule has 0 bridgehead atoms. The van der Waals surface area contributed by atoms with E-state index >= 15 is 0 Å². The minimum absolute atomic E-state index is 0.118. The zero-order valence-corrected chi connectivity index (χ0v) is 10.6. The van der Waals surface area contributed by atoms with Crippen molar-refractivity contribution in [2.75, 3.05) is 13.7 Å². The molecule has 1 atom stereocenters. The normalized spacial score (nSPS) is 17.5. The van der Waals surface area contributed by atoms with Crippen molar-refractivity contribution in [3.05, 3.63) is 59.7 Å². The van der Waals surface area contributed by atoms with Crippen molar-refractivity contribution in [2.24, 2.45) is 0 Å². The number of ketones is 1.